The second kappa shape index (κ2) is 8.69. The topological polar surface area (TPSA) is 97.0 Å². The molecule has 160 valence electrons. The second-order valence-electron chi connectivity index (χ2n) is 7.05. The smallest absolute Gasteiger partial charge is 0.338 e. The highest BCUT2D eigenvalue weighted by molar-refractivity contribution is 6.31. The fourth-order valence-corrected chi connectivity index (χ4v) is 3.81. The summed E-state index contributed by atoms with van der Waals surface area (Å²) in [7, 11) is 1.58. The Kier molecular flexibility index (Phi) is 5.81. The van der Waals surface area contributed by atoms with Crippen LogP contribution in [-0.2, 0) is 20.9 Å². The Labute approximate surface area is 183 Å². The van der Waals surface area contributed by atoms with Gasteiger partial charge in [-0.15, -0.1) is 0 Å². The lowest BCUT2D eigenvalue weighted by Gasteiger charge is -2.32. The van der Waals surface area contributed by atoms with Gasteiger partial charge in [0.2, 0.25) is 5.91 Å². The third-order valence-electron chi connectivity index (χ3n) is 5.16. The van der Waals surface area contributed by atoms with Gasteiger partial charge in [0.1, 0.15) is 18.9 Å². The molecule has 2 heterocycles. The number of amides is 3. The first kappa shape index (κ1) is 20.7. The molecular weight excluding hydrogens is 422 g/mol. The largest absolute Gasteiger partial charge is 0.497 e. The lowest BCUT2D eigenvalue weighted by Crippen LogP contribution is -2.50. The number of urea groups is 1. The van der Waals surface area contributed by atoms with Crippen LogP contribution >= 0.6 is 11.6 Å². The Balaban J connectivity index is 1.50. The number of halogens is 1. The Hall–Kier alpha value is -3.52. The third-order valence-corrected chi connectivity index (χ3v) is 5.51. The molecule has 0 bridgehead atoms. The van der Waals surface area contributed by atoms with E-state index in [1.165, 1.54) is 4.90 Å². The molecule has 2 aromatic rings. The maximum absolute atomic E-state index is 12.8. The van der Waals surface area contributed by atoms with E-state index < -0.39 is 18.0 Å². The number of esters is 1. The molecule has 2 N–H and O–H groups in total. The molecule has 3 amide bonds. The van der Waals surface area contributed by atoms with Crippen molar-refractivity contribution in [2.45, 2.75) is 12.6 Å². The third kappa shape index (κ3) is 4.20. The summed E-state index contributed by atoms with van der Waals surface area (Å²) in [5, 5.41) is 5.97. The number of hydrogen-bond acceptors (Lipinski definition) is 5. The van der Waals surface area contributed by atoms with Crippen molar-refractivity contribution in [2.75, 3.05) is 20.3 Å². The van der Waals surface area contributed by atoms with Gasteiger partial charge < -0.3 is 20.1 Å². The van der Waals surface area contributed by atoms with Crippen molar-refractivity contribution in [1.82, 2.24) is 15.5 Å². The van der Waals surface area contributed by atoms with Crippen molar-refractivity contribution in [3.8, 4) is 5.75 Å². The normalized spacial score (nSPS) is 17.7. The number of rotatable bonds is 6. The molecule has 8 nitrogen and oxygen atoms in total. The molecule has 0 aromatic heterocycles. The average molecular weight is 442 g/mol. The summed E-state index contributed by atoms with van der Waals surface area (Å²) in [6.45, 7) is -0.0249. The highest BCUT2D eigenvalue weighted by Crippen LogP contribution is 2.37. The molecule has 1 atom stereocenters. The molecule has 0 spiro atoms. The number of carbonyl (C=O) groups is 3. The van der Waals surface area contributed by atoms with E-state index in [9.17, 15) is 14.4 Å². The molecule has 31 heavy (non-hydrogen) atoms. The van der Waals surface area contributed by atoms with Crippen molar-refractivity contribution in [3.05, 3.63) is 76.0 Å². The zero-order chi connectivity index (χ0) is 22.0. The lowest BCUT2D eigenvalue weighted by molar-refractivity contribution is -0.136. The van der Waals surface area contributed by atoms with Crippen LogP contribution in [0.5, 0.6) is 5.75 Å². The molecule has 2 aliphatic rings. The number of cyclic esters (lactones) is 1. The van der Waals surface area contributed by atoms with Gasteiger partial charge in [-0.1, -0.05) is 41.9 Å². The monoisotopic (exact) mass is 441 g/mol. The standard InChI is InChI=1S/C22H20ClN3O5/c1-30-14-8-6-13(7-9-14)10-24-18(27)11-26-17-12-31-21(28)19(17)20(25-22(26)29)15-4-2-3-5-16(15)23/h2-9,20H,10-12H2,1H3,(H,24,27)(H,25,29)/t20-/m0/s1. The van der Waals surface area contributed by atoms with Gasteiger partial charge in [-0.25, -0.2) is 9.59 Å². The van der Waals surface area contributed by atoms with Crippen LogP contribution in [0.4, 0.5) is 4.79 Å². The van der Waals surface area contributed by atoms with Crippen LogP contribution in [0.3, 0.4) is 0 Å². The van der Waals surface area contributed by atoms with Crippen molar-refractivity contribution in [3.63, 3.8) is 0 Å². The molecule has 0 radical (unpaired) electrons. The molecule has 0 unspecified atom stereocenters. The van der Waals surface area contributed by atoms with E-state index >= 15 is 0 Å². The van der Waals surface area contributed by atoms with Crippen LogP contribution in [-0.4, -0.2) is 43.1 Å². The van der Waals surface area contributed by atoms with Crippen molar-refractivity contribution < 1.29 is 23.9 Å². The highest BCUT2D eigenvalue weighted by Gasteiger charge is 2.43. The molecular formula is C22H20ClN3O5. The summed E-state index contributed by atoms with van der Waals surface area (Å²) in [5.74, 6) is -0.185. The number of carbonyl (C=O) groups excluding carboxylic acids is 3. The quantitative estimate of drug-likeness (QED) is 0.671. The van der Waals surface area contributed by atoms with Gasteiger partial charge in [0, 0.05) is 11.6 Å². The summed E-state index contributed by atoms with van der Waals surface area (Å²) in [5.41, 5.74) is 2.14. The summed E-state index contributed by atoms with van der Waals surface area (Å²) in [6.07, 6.45) is 0. The predicted octanol–water partition coefficient (Wildman–Crippen LogP) is 2.54. The van der Waals surface area contributed by atoms with E-state index in [-0.39, 0.29) is 24.6 Å². The van der Waals surface area contributed by atoms with Gasteiger partial charge in [-0.05, 0) is 29.3 Å². The lowest BCUT2D eigenvalue weighted by atomic mass is 9.95. The molecule has 0 saturated heterocycles. The zero-order valence-corrected chi connectivity index (χ0v) is 17.4. The van der Waals surface area contributed by atoms with E-state index in [0.29, 0.717) is 22.8 Å². The molecule has 2 aromatic carbocycles. The maximum Gasteiger partial charge on any atom is 0.338 e. The number of nitrogens with one attached hydrogen (secondary N) is 2. The minimum Gasteiger partial charge on any atom is -0.497 e. The van der Waals surface area contributed by atoms with Crippen molar-refractivity contribution in [2.24, 2.45) is 0 Å². The van der Waals surface area contributed by atoms with Gasteiger partial charge in [0.15, 0.2) is 0 Å². The molecule has 9 heteroatoms. The van der Waals surface area contributed by atoms with E-state index in [0.717, 1.165) is 11.3 Å². The van der Waals surface area contributed by atoms with Crippen LogP contribution in [0.15, 0.2) is 59.8 Å². The molecule has 0 fully saturated rings. The van der Waals surface area contributed by atoms with Crippen LogP contribution in [0, 0.1) is 0 Å². The Morgan fingerprint density at radius 2 is 1.97 bits per heavy atom. The molecule has 2 aliphatic heterocycles. The van der Waals surface area contributed by atoms with Crippen molar-refractivity contribution in [1.29, 1.82) is 0 Å². The van der Waals surface area contributed by atoms with Crippen LogP contribution in [0.1, 0.15) is 17.2 Å². The molecule has 4 rings (SSSR count). The van der Waals surface area contributed by atoms with Gasteiger partial charge in [0.05, 0.1) is 24.4 Å². The maximum atomic E-state index is 12.8. The number of benzene rings is 2. The number of hydrogen-bond donors (Lipinski definition) is 2. The fraction of sp³-hybridized carbons (Fsp3) is 0.227. The Bertz CT molecular complexity index is 1070. The van der Waals surface area contributed by atoms with Crippen molar-refractivity contribution >= 4 is 29.5 Å². The summed E-state index contributed by atoms with van der Waals surface area (Å²) in [4.78, 5) is 38.9. The average Bonchev–Trinajstić information content (AvgIpc) is 3.16. The summed E-state index contributed by atoms with van der Waals surface area (Å²) < 4.78 is 10.3. The van der Waals surface area contributed by atoms with Crippen LogP contribution < -0.4 is 15.4 Å². The van der Waals surface area contributed by atoms with E-state index in [1.807, 2.05) is 12.1 Å². The summed E-state index contributed by atoms with van der Waals surface area (Å²) >= 11 is 6.27. The van der Waals surface area contributed by atoms with Gasteiger partial charge >= 0.3 is 12.0 Å². The highest BCUT2D eigenvalue weighted by atomic mass is 35.5. The van der Waals surface area contributed by atoms with Gasteiger partial charge in [-0.3, -0.25) is 9.69 Å². The van der Waals surface area contributed by atoms with Gasteiger partial charge in [-0.2, -0.15) is 0 Å². The van der Waals surface area contributed by atoms with Crippen LogP contribution in [0.25, 0.3) is 0 Å². The SMILES string of the molecule is COc1ccc(CNC(=O)CN2C(=O)N[C@@H](c3ccccc3Cl)C3=C2COC3=O)cc1. The first-order chi connectivity index (χ1) is 15.0. The first-order valence-corrected chi connectivity index (χ1v) is 9.98. The first-order valence-electron chi connectivity index (χ1n) is 9.60. The van der Waals surface area contributed by atoms with Gasteiger partial charge in [0.25, 0.3) is 0 Å². The fourth-order valence-electron chi connectivity index (χ4n) is 3.56. The molecule has 0 saturated carbocycles. The molecule has 0 aliphatic carbocycles. The Morgan fingerprint density at radius 1 is 1.23 bits per heavy atom. The minimum atomic E-state index is -0.732. The number of methoxy groups -OCH3 is 1. The van der Waals surface area contributed by atoms with E-state index in [2.05, 4.69) is 10.6 Å². The van der Waals surface area contributed by atoms with E-state index in [1.54, 1.807) is 43.5 Å². The zero-order valence-electron chi connectivity index (χ0n) is 16.7. The minimum absolute atomic E-state index is 0.0751. The second-order valence-corrected chi connectivity index (χ2v) is 7.46. The predicted molar refractivity (Wildman–Crippen MR) is 112 cm³/mol. The number of nitrogens with zero attached hydrogens (tertiary/aromatic N) is 1. The number of ether oxygens (including phenoxy) is 2. The summed E-state index contributed by atoms with van der Waals surface area (Å²) in [6, 6.07) is 13.0. The van der Waals surface area contributed by atoms with E-state index in [4.69, 9.17) is 21.1 Å². The van der Waals surface area contributed by atoms with Crippen LogP contribution in [0.2, 0.25) is 5.02 Å². The Morgan fingerprint density at radius 3 is 2.68 bits per heavy atom.